The van der Waals surface area contributed by atoms with Crippen molar-refractivity contribution in [3.63, 3.8) is 0 Å². The molecule has 11 heteroatoms. The van der Waals surface area contributed by atoms with Gasteiger partial charge in [0.05, 0.1) is 12.5 Å². The zero-order valence-corrected chi connectivity index (χ0v) is 15.8. The summed E-state index contributed by atoms with van der Waals surface area (Å²) >= 11 is 0. The van der Waals surface area contributed by atoms with Crippen LogP contribution in [-0.4, -0.2) is 60.1 Å². The van der Waals surface area contributed by atoms with E-state index in [1.807, 2.05) is 6.07 Å². The molecule has 1 fully saturated rings. The summed E-state index contributed by atoms with van der Waals surface area (Å²) in [5, 5.41) is 11.0. The van der Waals surface area contributed by atoms with E-state index in [1.165, 1.54) is 23.4 Å². The Balaban J connectivity index is 1.36. The van der Waals surface area contributed by atoms with Gasteiger partial charge in [-0.15, -0.1) is 0 Å². The quantitative estimate of drug-likeness (QED) is 0.600. The molecule has 0 aromatic carbocycles. The summed E-state index contributed by atoms with van der Waals surface area (Å²) in [5.41, 5.74) is -0.183. The first-order valence-corrected chi connectivity index (χ1v) is 9.42. The molecule has 11 nitrogen and oxygen atoms in total. The minimum absolute atomic E-state index is 0.0239. The van der Waals surface area contributed by atoms with Gasteiger partial charge in [0.15, 0.2) is 5.82 Å². The number of anilines is 1. The number of carbonyl (C=O) groups excluding carboxylic acids is 1. The number of hydrogen-bond acceptors (Lipinski definition) is 8. The van der Waals surface area contributed by atoms with Crippen LogP contribution in [0, 0.1) is 5.92 Å². The lowest BCUT2D eigenvalue weighted by Gasteiger charge is -2.32. The molecule has 29 heavy (non-hydrogen) atoms. The van der Waals surface area contributed by atoms with Crippen LogP contribution in [0.2, 0.25) is 0 Å². The first-order valence-electron chi connectivity index (χ1n) is 9.42. The van der Waals surface area contributed by atoms with Gasteiger partial charge in [0.2, 0.25) is 5.91 Å². The van der Waals surface area contributed by atoms with E-state index in [1.54, 1.807) is 23.3 Å². The van der Waals surface area contributed by atoms with Crippen molar-refractivity contribution in [2.24, 2.45) is 5.92 Å². The number of piperidine rings is 1. The summed E-state index contributed by atoms with van der Waals surface area (Å²) in [4.78, 5) is 38.9. The average Bonchev–Trinajstić information content (AvgIpc) is 3.30. The van der Waals surface area contributed by atoms with Crippen molar-refractivity contribution in [1.29, 1.82) is 0 Å². The van der Waals surface area contributed by atoms with E-state index in [-0.39, 0.29) is 17.4 Å². The fourth-order valence-corrected chi connectivity index (χ4v) is 3.35. The van der Waals surface area contributed by atoms with Gasteiger partial charge in [-0.25, -0.2) is 24.3 Å². The van der Waals surface area contributed by atoms with E-state index in [9.17, 15) is 9.59 Å². The fraction of sp³-hybridized carbons (Fsp3) is 0.389. The Morgan fingerprint density at radius 3 is 2.93 bits per heavy atom. The van der Waals surface area contributed by atoms with Gasteiger partial charge < -0.3 is 10.2 Å². The molecule has 3 aromatic rings. The number of rotatable bonds is 6. The minimum Gasteiger partial charge on any atom is -0.356 e. The van der Waals surface area contributed by atoms with Crippen molar-refractivity contribution in [2.75, 3.05) is 24.5 Å². The summed E-state index contributed by atoms with van der Waals surface area (Å²) in [6, 6.07) is 4.88. The van der Waals surface area contributed by atoms with Crippen molar-refractivity contribution >= 4 is 11.7 Å². The maximum Gasteiger partial charge on any atom is 0.266 e. The van der Waals surface area contributed by atoms with Gasteiger partial charge in [0.25, 0.3) is 5.56 Å². The van der Waals surface area contributed by atoms with Gasteiger partial charge in [-0.3, -0.25) is 9.59 Å². The number of hydrogen-bond donors (Lipinski definition) is 1. The Bertz CT molecular complexity index is 1020. The van der Waals surface area contributed by atoms with Crippen LogP contribution in [0.25, 0.3) is 5.82 Å². The van der Waals surface area contributed by atoms with E-state index in [2.05, 4.69) is 35.4 Å². The van der Waals surface area contributed by atoms with Crippen molar-refractivity contribution in [2.45, 2.75) is 19.4 Å². The molecule has 3 aromatic heterocycles. The van der Waals surface area contributed by atoms with E-state index in [0.29, 0.717) is 25.5 Å². The van der Waals surface area contributed by atoms with Crippen LogP contribution in [0.1, 0.15) is 12.8 Å². The normalized spacial score (nSPS) is 16.6. The highest BCUT2D eigenvalue weighted by atomic mass is 16.2. The topological polar surface area (TPSA) is 124 Å². The van der Waals surface area contributed by atoms with Crippen LogP contribution >= 0.6 is 0 Å². The molecule has 1 saturated heterocycles. The van der Waals surface area contributed by atoms with Gasteiger partial charge in [-0.05, 0) is 18.9 Å². The second kappa shape index (κ2) is 8.59. The van der Waals surface area contributed by atoms with Crippen LogP contribution in [0.3, 0.4) is 0 Å². The van der Waals surface area contributed by atoms with Crippen LogP contribution in [0.15, 0.2) is 48.2 Å². The largest absolute Gasteiger partial charge is 0.356 e. The lowest BCUT2D eigenvalue weighted by atomic mass is 9.97. The van der Waals surface area contributed by atoms with Gasteiger partial charge in [-0.1, -0.05) is 0 Å². The van der Waals surface area contributed by atoms with E-state index in [0.717, 1.165) is 25.2 Å². The number of amides is 1. The highest BCUT2D eigenvalue weighted by Gasteiger charge is 2.26. The summed E-state index contributed by atoms with van der Waals surface area (Å²) in [7, 11) is 0. The van der Waals surface area contributed by atoms with Gasteiger partial charge >= 0.3 is 0 Å². The smallest absolute Gasteiger partial charge is 0.266 e. The lowest BCUT2D eigenvalue weighted by molar-refractivity contribution is -0.125. The zero-order valence-electron chi connectivity index (χ0n) is 15.8. The molecule has 0 saturated carbocycles. The summed E-state index contributed by atoms with van der Waals surface area (Å²) in [5.74, 6) is 1.21. The molecule has 4 rings (SSSR count). The Morgan fingerprint density at radius 1 is 1.21 bits per heavy atom. The first-order chi connectivity index (χ1) is 14.2. The molecule has 150 valence electrons. The predicted molar refractivity (Wildman–Crippen MR) is 103 cm³/mol. The van der Waals surface area contributed by atoms with Gasteiger partial charge in [-0.2, -0.15) is 10.2 Å². The lowest BCUT2D eigenvalue weighted by Crippen LogP contribution is -2.44. The molecule has 1 amide bonds. The summed E-state index contributed by atoms with van der Waals surface area (Å²) in [6.45, 7) is 2.09. The molecule has 1 atom stereocenters. The second-order valence-electron chi connectivity index (χ2n) is 6.74. The number of nitrogens with zero attached hydrogens (tertiary/aromatic N) is 8. The van der Waals surface area contributed by atoms with E-state index >= 15 is 0 Å². The third kappa shape index (κ3) is 4.45. The molecular formula is C18H21N9O2. The maximum absolute atomic E-state index is 12.6. The van der Waals surface area contributed by atoms with Gasteiger partial charge in [0.1, 0.15) is 24.8 Å². The highest BCUT2D eigenvalue weighted by molar-refractivity contribution is 5.79. The number of carbonyl (C=O) groups is 1. The molecule has 0 radical (unpaired) electrons. The minimum atomic E-state index is -0.183. The van der Waals surface area contributed by atoms with Crippen molar-refractivity contribution in [3.05, 3.63) is 53.7 Å². The van der Waals surface area contributed by atoms with Crippen molar-refractivity contribution in [1.82, 2.24) is 39.8 Å². The number of aromatic nitrogens is 7. The monoisotopic (exact) mass is 395 g/mol. The third-order valence-electron chi connectivity index (χ3n) is 4.82. The molecule has 1 aliphatic heterocycles. The summed E-state index contributed by atoms with van der Waals surface area (Å²) < 4.78 is 2.90. The standard InChI is InChI=1S/C18H21N9O2/c28-17-4-1-5-23-26(17)8-6-20-18(29)14-3-2-7-25(10-14)15-9-16(22-12-21-15)27-13-19-11-24-27/h1,4-5,9,11-14H,2-3,6-8,10H2,(H,20,29). The Hall–Kier alpha value is -3.63. The SMILES string of the molecule is O=C(NCCn1ncccc1=O)C1CCCN(c2cc(-n3cncn3)ncn2)C1. The van der Waals surface area contributed by atoms with Crippen LogP contribution in [0.4, 0.5) is 5.82 Å². The molecular weight excluding hydrogens is 374 g/mol. The van der Waals surface area contributed by atoms with Crippen LogP contribution < -0.4 is 15.8 Å². The van der Waals surface area contributed by atoms with Crippen molar-refractivity contribution in [3.8, 4) is 5.82 Å². The molecule has 1 aliphatic rings. The van der Waals surface area contributed by atoms with Crippen molar-refractivity contribution < 1.29 is 4.79 Å². The predicted octanol–water partition coefficient (Wildman–Crippen LogP) is -0.353. The zero-order chi connectivity index (χ0) is 20.1. The third-order valence-corrected chi connectivity index (χ3v) is 4.82. The maximum atomic E-state index is 12.6. The van der Waals surface area contributed by atoms with E-state index in [4.69, 9.17) is 0 Å². The van der Waals surface area contributed by atoms with E-state index < -0.39 is 0 Å². The first kappa shape index (κ1) is 18.7. The molecule has 4 heterocycles. The summed E-state index contributed by atoms with van der Waals surface area (Å²) in [6.07, 6.45) is 7.76. The van der Waals surface area contributed by atoms with Crippen LogP contribution in [-0.2, 0) is 11.3 Å². The molecule has 0 bridgehead atoms. The highest BCUT2D eigenvalue weighted by Crippen LogP contribution is 2.22. The Labute approximate surface area is 166 Å². The fourth-order valence-electron chi connectivity index (χ4n) is 3.35. The Morgan fingerprint density at radius 2 is 2.10 bits per heavy atom. The van der Waals surface area contributed by atoms with Gasteiger partial charge in [0, 0.05) is 38.0 Å². The molecule has 1 unspecified atom stereocenters. The Kier molecular flexibility index (Phi) is 5.54. The number of nitrogens with one attached hydrogen (secondary N) is 1. The molecule has 1 N–H and O–H groups in total. The molecule has 0 spiro atoms. The average molecular weight is 395 g/mol. The molecule has 0 aliphatic carbocycles. The second-order valence-corrected chi connectivity index (χ2v) is 6.74. The van der Waals surface area contributed by atoms with Crippen LogP contribution in [0.5, 0.6) is 0 Å².